The molecular formula is C23H25ClN4O3. The van der Waals surface area contributed by atoms with Crippen LogP contribution in [0.2, 0.25) is 5.02 Å². The number of rotatable bonds is 9. The second-order valence-corrected chi connectivity index (χ2v) is 9.00. The molecule has 3 atom stereocenters. The van der Waals surface area contributed by atoms with Gasteiger partial charge in [0.05, 0.1) is 22.3 Å². The van der Waals surface area contributed by atoms with E-state index in [2.05, 4.69) is 21.7 Å². The maximum atomic E-state index is 13.0. The number of para-hydroxylation sites is 1. The number of nitrogens with one attached hydrogen (secondary N) is 3. The van der Waals surface area contributed by atoms with Crippen molar-refractivity contribution in [3.63, 3.8) is 0 Å². The predicted octanol–water partition coefficient (Wildman–Crippen LogP) is 3.34. The Hall–Kier alpha value is -2.85. The number of nitriles is 1. The van der Waals surface area contributed by atoms with Gasteiger partial charge in [-0.3, -0.25) is 14.4 Å². The van der Waals surface area contributed by atoms with Crippen LogP contribution in [0.5, 0.6) is 0 Å². The Labute approximate surface area is 185 Å². The highest BCUT2D eigenvalue weighted by molar-refractivity contribution is 6.35. The van der Waals surface area contributed by atoms with Gasteiger partial charge in [0.2, 0.25) is 11.8 Å². The number of ketones is 1. The van der Waals surface area contributed by atoms with Gasteiger partial charge in [-0.1, -0.05) is 36.6 Å². The van der Waals surface area contributed by atoms with E-state index in [9.17, 15) is 19.6 Å². The molecule has 1 saturated carbocycles. The van der Waals surface area contributed by atoms with Gasteiger partial charge in [0.15, 0.2) is 5.78 Å². The molecule has 3 N–H and O–H groups in total. The molecule has 0 bridgehead atoms. The molecule has 1 aliphatic heterocycles. The topological polar surface area (TPSA) is 115 Å². The van der Waals surface area contributed by atoms with Crippen molar-refractivity contribution in [2.24, 2.45) is 17.8 Å². The normalized spacial score (nSPS) is 20.1. The highest BCUT2D eigenvalue weighted by Crippen LogP contribution is 2.37. The standard InChI is InChI=1S/C23H25ClN4O3/c24-18-3-1-2-14-10-19(28-21(14)18)20(29)11-16(8-13-4-5-13)23(31)27-17(12-25)9-15-6-7-26-22(15)30/h1-3,10,13,15-17,28H,4-9,11H2,(H,26,30)(H,27,31)/t15?,16-,17+/m1/s1. The number of hydrogen-bond donors (Lipinski definition) is 3. The Morgan fingerprint density at radius 3 is 2.71 bits per heavy atom. The number of amides is 2. The van der Waals surface area contributed by atoms with Crippen LogP contribution in [-0.2, 0) is 9.59 Å². The first-order chi connectivity index (χ1) is 14.9. The summed E-state index contributed by atoms with van der Waals surface area (Å²) in [7, 11) is 0. The number of nitrogens with zero attached hydrogens (tertiary/aromatic N) is 1. The Morgan fingerprint density at radius 2 is 2.06 bits per heavy atom. The quantitative estimate of drug-likeness (QED) is 0.518. The fourth-order valence-corrected chi connectivity index (χ4v) is 4.46. The van der Waals surface area contributed by atoms with Crippen LogP contribution < -0.4 is 10.6 Å². The van der Waals surface area contributed by atoms with E-state index >= 15 is 0 Å². The highest BCUT2D eigenvalue weighted by atomic mass is 35.5. The number of H-pyrrole nitrogens is 1. The van der Waals surface area contributed by atoms with Gasteiger partial charge in [-0.2, -0.15) is 5.26 Å². The van der Waals surface area contributed by atoms with Crippen molar-refractivity contribution in [1.29, 1.82) is 5.26 Å². The van der Waals surface area contributed by atoms with Gasteiger partial charge in [-0.15, -0.1) is 0 Å². The Bertz CT molecular complexity index is 1050. The molecule has 0 radical (unpaired) electrons. The molecule has 1 aliphatic carbocycles. The van der Waals surface area contributed by atoms with Crippen LogP contribution in [0.25, 0.3) is 10.9 Å². The number of Topliss-reactive ketones (excluding diaryl/α,β-unsaturated/α-hetero) is 1. The molecule has 0 spiro atoms. The summed E-state index contributed by atoms with van der Waals surface area (Å²) in [5.74, 6) is -0.839. The number of aromatic nitrogens is 1. The first kappa shape index (κ1) is 21.4. The zero-order valence-electron chi connectivity index (χ0n) is 17.1. The van der Waals surface area contributed by atoms with E-state index in [-0.39, 0.29) is 29.9 Å². The molecule has 8 heteroatoms. The summed E-state index contributed by atoms with van der Waals surface area (Å²) in [5, 5.41) is 16.4. The number of hydrogen-bond acceptors (Lipinski definition) is 4. The molecule has 1 saturated heterocycles. The second kappa shape index (κ2) is 9.11. The lowest BCUT2D eigenvalue weighted by molar-refractivity contribution is -0.127. The lowest BCUT2D eigenvalue weighted by atomic mass is 9.93. The van der Waals surface area contributed by atoms with E-state index < -0.39 is 12.0 Å². The summed E-state index contributed by atoms with van der Waals surface area (Å²) >= 11 is 6.20. The van der Waals surface area contributed by atoms with Gasteiger partial charge < -0.3 is 15.6 Å². The van der Waals surface area contributed by atoms with Gasteiger partial charge >= 0.3 is 0 Å². The Balaban J connectivity index is 1.43. The van der Waals surface area contributed by atoms with Crippen LogP contribution >= 0.6 is 11.6 Å². The number of halogens is 1. The minimum atomic E-state index is -0.745. The third kappa shape index (κ3) is 5.08. The van der Waals surface area contributed by atoms with Crippen LogP contribution in [0.15, 0.2) is 24.3 Å². The molecule has 2 amide bonds. The van der Waals surface area contributed by atoms with Crippen molar-refractivity contribution in [1.82, 2.24) is 15.6 Å². The van der Waals surface area contributed by atoms with Crippen molar-refractivity contribution in [2.45, 2.75) is 44.6 Å². The second-order valence-electron chi connectivity index (χ2n) is 8.59. The molecule has 2 fully saturated rings. The fourth-order valence-electron chi connectivity index (χ4n) is 4.23. The van der Waals surface area contributed by atoms with Crippen molar-refractivity contribution in [3.05, 3.63) is 35.0 Å². The minimum Gasteiger partial charge on any atom is -0.356 e. The van der Waals surface area contributed by atoms with Crippen LogP contribution in [-0.4, -0.2) is 35.2 Å². The first-order valence-electron chi connectivity index (χ1n) is 10.7. The summed E-state index contributed by atoms with van der Waals surface area (Å²) in [6.45, 7) is 0.600. The summed E-state index contributed by atoms with van der Waals surface area (Å²) in [6.07, 6.45) is 3.77. The predicted molar refractivity (Wildman–Crippen MR) is 116 cm³/mol. The van der Waals surface area contributed by atoms with Crippen molar-refractivity contribution in [3.8, 4) is 6.07 Å². The van der Waals surface area contributed by atoms with E-state index in [0.29, 0.717) is 48.0 Å². The van der Waals surface area contributed by atoms with Gasteiger partial charge in [-0.05, 0) is 37.3 Å². The van der Waals surface area contributed by atoms with Crippen LogP contribution in [0.1, 0.15) is 49.0 Å². The number of benzene rings is 1. The average molecular weight is 441 g/mol. The third-order valence-electron chi connectivity index (χ3n) is 6.18. The molecular weight excluding hydrogens is 416 g/mol. The lowest BCUT2D eigenvalue weighted by Crippen LogP contribution is -2.40. The molecule has 1 aromatic carbocycles. The molecule has 162 valence electrons. The van der Waals surface area contributed by atoms with E-state index in [4.69, 9.17) is 11.6 Å². The van der Waals surface area contributed by atoms with Crippen LogP contribution in [0.3, 0.4) is 0 Å². The zero-order valence-corrected chi connectivity index (χ0v) is 17.9. The highest BCUT2D eigenvalue weighted by Gasteiger charge is 2.33. The number of aromatic amines is 1. The number of carbonyl (C=O) groups excluding carboxylic acids is 3. The average Bonchev–Trinajstić information content (AvgIpc) is 3.30. The third-order valence-corrected chi connectivity index (χ3v) is 6.49. The molecule has 2 heterocycles. The lowest BCUT2D eigenvalue weighted by Gasteiger charge is -2.19. The maximum Gasteiger partial charge on any atom is 0.224 e. The van der Waals surface area contributed by atoms with E-state index in [0.717, 1.165) is 18.2 Å². The molecule has 1 unspecified atom stereocenters. The summed E-state index contributed by atoms with van der Waals surface area (Å²) in [4.78, 5) is 40.8. The molecule has 7 nitrogen and oxygen atoms in total. The molecule has 1 aromatic heterocycles. The Kier molecular flexibility index (Phi) is 6.28. The zero-order chi connectivity index (χ0) is 22.0. The van der Waals surface area contributed by atoms with Crippen LogP contribution in [0, 0.1) is 29.1 Å². The fraction of sp³-hybridized carbons (Fsp3) is 0.478. The maximum absolute atomic E-state index is 13.0. The smallest absolute Gasteiger partial charge is 0.224 e. The van der Waals surface area contributed by atoms with Gasteiger partial charge in [0.1, 0.15) is 6.04 Å². The molecule has 4 rings (SSSR count). The van der Waals surface area contributed by atoms with E-state index in [1.807, 2.05) is 12.1 Å². The number of carbonyl (C=O) groups is 3. The van der Waals surface area contributed by atoms with Crippen molar-refractivity contribution < 1.29 is 14.4 Å². The summed E-state index contributed by atoms with van der Waals surface area (Å²) < 4.78 is 0. The minimum absolute atomic E-state index is 0.0643. The van der Waals surface area contributed by atoms with Crippen molar-refractivity contribution >= 4 is 40.1 Å². The summed E-state index contributed by atoms with van der Waals surface area (Å²) in [6, 6.07) is 8.56. The van der Waals surface area contributed by atoms with Gasteiger partial charge in [-0.25, -0.2) is 0 Å². The van der Waals surface area contributed by atoms with E-state index in [1.54, 1.807) is 12.1 Å². The molecule has 2 aliphatic rings. The molecule has 31 heavy (non-hydrogen) atoms. The van der Waals surface area contributed by atoms with Gasteiger partial charge in [0.25, 0.3) is 0 Å². The van der Waals surface area contributed by atoms with Crippen molar-refractivity contribution in [2.75, 3.05) is 6.54 Å². The molecule has 2 aromatic rings. The SMILES string of the molecule is N#C[C@H](CC1CCNC1=O)NC(=O)[C@@H](CC(=O)c1cc2cccc(Cl)c2[nH]1)CC1CC1. The van der Waals surface area contributed by atoms with Crippen LogP contribution in [0.4, 0.5) is 0 Å². The monoisotopic (exact) mass is 440 g/mol. The summed E-state index contributed by atoms with van der Waals surface area (Å²) in [5.41, 5.74) is 1.13. The van der Waals surface area contributed by atoms with Gasteiger partial charge in [0, 0.05) is 30.2 Å². The Morgan fingerprint density at radius 1 is 1.26 bits per heavy atom. The first-order valence-corrected chi connectivity index (χ1v) is 11.1. The van der Waals surface area contributed by atoms with E-state index in [1.165, 1.54) is 0 Å². The number of fused-ring (bicyclic) bond motifs is 1. The largest absolute Gasteiger partial charge is 0.356 e.